The summed E-state index contributed by atoms with van der Waals surface area (Å²) in [7, 11) is 0. The molecule has 0 saturated heterocycles. The number of aryl methyl sites for hydroxylation is 1. The second-order valence-corrected chi connectivity index (χ2v) is 5.56. The van der Waals surface area contributed by atoms with Crippen LogP contribution in [-0.4, -0.2) is 21.0 Å². The van der Waals surface area contributed by atoms with Crippen LogP contribution in [0.5, 0.6) is 0 Å². The third-order valence-corrected chi connectivity index (χ3v) is 4.00. The number of hydrogen-bond donors (Lipinski definition) is 2. The number of benzene rings is 1. The number of hydrogen-bond acceptors (Lipinski definition) is 5. The summed E-state index contributed by atoms with van der Waals surface area (Å²) in [5, 5.41) is 16.3. The number of para-hydroxylation sites is 1. The topological polar surface area (TPSA) is 75.1 Å². The van der Waals surface area contributed by atoms with Gasteiger partial charge in [-0.25, -0.2) is 14.8 Å². The highest BCUT2D eigenvalue weighted by Gasteiger charge is 2.10. The molecule has 0 saturated carbocycles. The van der Waals surface area contributed by atoms with Crippen molar-refractivity contribution in [3.8, 4) is 0 Å². The van der Waals surface area contributed by atoms with Gasteiger partial charge in [-0.3, -0.25) is 0 Å². The molecule has 0 unspecified atom stereocenters. The summed E-state index contributed by atoms with van der Waals surface area (Å²) in [6.07, 6.45) is 0. The first-order chi connectivity index (χ1) is 10.1. The molecule has 2 N–H and O–H groups in total. The van der Waals surface area contributed by atoms with Gasteiger partial charge < -0.3 is 10.4 Å². The molecule has 0 aliphatic rings. The van der Waals surface area contributed by atoms with Gasteiger partial charge in [0.05, 0.1) is 12.1 Å². The van der Waals surface area contributed by atoms with Crippen LogP contribution in [0.2, 0.25) is 0 Å². The Labute approximate surface area is 125 Å². The molecule has 5 nitrogen and oxygen atoms in total. The maximum atomic E-state index is 11.2. The number of pyridine rings is 1. The molecule has 0 bridgehead atoms. The van der Waals surface area contributed by atoms with Gasteiger partial charge >= 0.3 is 5.97 Å². The number of anilines is 1. The number of nitrogens with one attached hydrogen (secondary N) is 1. The molecule has 0 aliphatic heterocycles. The molecule has 0 amide bonds. The molecule has 0 fully saturated rings. The number of carboxylic acid groups (broad SMARTS) is 1. The summed E-state index contributed by atoms with van der Waals surface area (Å²) in [5.41, 5.74) is 2.44. The van der Waals surface area contributed by atoms with Crippen LogP contribution < -0.4 is 5.32 Å². The molecule has 0 radical (unpaired) electrons. The Morgan fingerprint density at radius 3 is 2.86 bits per heavy atom. The summed E-state index contributed by atoms with van der Waals surface area (Å²) in [6, 6.07) is 9.03. The van der Waals surface area contributed by atoms with Crippen LogP contribution in [-0.2, 0) is 6.54 Å². The van der Waals surface area contributed by atoms with Crippen LogP contribution >= 0.6 is 11.3 Å². The second-order valence-electron chi connectivity index (χ2n) is 4.61. The molecular formula is C15H13N3O2S. The van der Waals surface area contributed by atoms with Crippen molar-refractivity contribution >= 4 is 33.9 Å². The highest BCUT2D eigenvalue weighted by atomic mass is 32.1. The average molecular weight is 299 g/mol. The summed E-state index contributed by atoms with van der Waals surface area (Å²) >= 11 is 1.58. The number of aromatic nitrogens is 2. The highest BCUT2D eigenvalue weighted by Crippen LogP contribution is 2.24. The summed E-state index contributed by atoms with van der Waals surface area (Å²) in [5.74, 6) is -1.03. The van der Waals surface area contributed by atoms with E-state index in [-0.39, 0.29) is 5.69 Å². The van der Waals surface area contributed by atoms with Crippen LogP contribution in [0.1, 0.15) is 21.2 Å². The van der Waals surface area contributed by atoms with Crippen molar-refractivity contribution < 1.29 is 9.90 Å². The zero-order valence-corrected chi connectivity index (χ0v) is 12.1. The number of aromatic carboxylic acids is 1. The van der Waals surface area contributed by atoms with E-state index < -0.39 is 5.97 Å². The van der Waals surface area contributed by atoms with Crippen molar-refractivity contribution in [3.05, 3.63) is 52.1 Å². The second kappa shape index (κ2) is 5.49. The monoisotopic (exact) mass is 299 g/mol. The minimum atomic E-state index is -1.03. The first kappa shape index (κ1) is 13.5. The predicted octanol–water partition coefficient (Wildman–Crippen LogP) is 3.31. The summed E-state index contributed by atoms with van der Waals surface area (Å²) in [6.45, 7) is 2.51. The zero-order valence-electron chi connectivity index (χ0n) is 11.3. The van der Waals surface area contributed by atoms with E-state index in [1.807, 2.05) is 30.5 Å². The van der Waals surface area contributed by atoms with E-state index in [4.69, 9.17) is 5.11 Å². The van der Waals surface area contributed by atoms with Crippen LogP contribution in [0.25, 0.3) is 10.9 Å². The van der Waals surface area contributed by atoms with Crippen LogP contribution in [0, 0.1) is 6.92 Å². The minimum Gasteiger partial charge on any atom is -0.477 e. The van der Waals surface area contributed by atoms with Crippen molar-refractivity contribution in [1.29, 1.82) is 0 Å². The van der Waals surface area contributed by atoms with Gasteiger partial charge in [0, 0.05) is 22.1 Å². The molecule has 21 heavy (non-hydrogen) atoms. The Hall–Kier alpha value is -2.47. The number of rotatable bonds is 4. The van der Waals surface area contributed by atoms with Crippen LogP contribution in [0.4, 0.5) is 5.69 Å². The molecule has 106 valence electrons. The molecule has 2 heterocycles. The standard InChI is InChI=1S/C15H13N3O2S/c1-9-8-21-14(17-9)7-16-12-6-13(15(19)20)18-11-5-3-2-4-10(11)12/h2-6,8H,7H2,1H3,(H,16,18)(H,19,20). The van der Waals surface area contributed by atoms with Crippen LogP contribution in [0.3, 0.4) is 0 Å². The normalized spacial score (nSPS) is 10.7. The van der Waals surface area contributed by atoms with Crippen LogP contribution in [0.15, 0.2) is 35.7 Å². The molecule has 0 aliphatic carbocycles. The van der Waals surface area contributed by atoms with E-state index in [0.29, 0.717) is 12.1 Å². The van der Waals surface area contributed by atoms with Crippen molar-refractivity contribution in [2.75, 3.05) is 5.32 Å². The number of nitrogens with zero attached hydrogens (tertiary/aromatic N) is 2. The number of carbonyl (C=O) groups is 1. The Bertz CT molecular complexity index is 814. The van der Waals surface area contributed by atoms with Gasteiger partial charge in [0.2, 0.25) is 0 Å². The van der Waals surface area contributed by atoms with Gasteiger partial charge in [0.15, 0.2) is 5.69 Å². The smallest absolute Gasteiger partial charge is 0.354 e. The lowest BCUT2D eigenvalue weighted by Gasteiger charge is -2.09. The SMILES string of the molecule is Cc1csc(CNc2cc(C(=O)O)nc3ccccc23)n1. The van der Waals surface area contributed by atoms with E-state index in [0.717, 1.165) is 21.8 Å². The quantitative estimate of drug-likeness (QED) is 0.773. The Kier molecular flexibility index (Phi) is 3.53. The van der Waals surface area contributed by atoms with E-state index in [1.165, 1.54) is 0 Å². The lowest BCUT2D eigenvalue weighted by atomic mass is 10.1. The van der Waals surface area contributed by atoms with Gasteiger partial charge in [-0.05, 0) is 19.1 Å². The van der Waals surface area contributed by atoms with E-state index in [2.05, 4.69) is 15.3 Å². The number of fused-ring (bicyclic) bond motifs is 1. The Morgan fingerprint density at radius 1 is 1.33 bits per heavy atom. The van der Waals surface area contributed by atoms with Gasteiger partial charge in [0.25, 0.3) is 0 Å². The molecule has 3 aromatic rings. The molecule has 1 aromatic carbocycles. The molecule has 2 aromatic heterocycles. The molecule has 0 spiro atoms. The minimum absolute atomic E-state index is 0.0338. The van der Waals surface area contributed by atoms with Crippen molar-refractivity contribution in [2.24, 2.45) is 0 Å². The van der Waals surface area contributed by atoms with Gasteiger partial charge in [0.1, 0.15) is 5.01 Å². The first-order valence-corrected chi connectivity index (χ1v) is 7.29. The van der Waals surface area contributed by atoms with Crippen molar-refractivity contribution in [2.45, 2.75) is 13.5 Å². The Morgan fingerprint density at radius 2 is 2.14 bits per heavy atom. The molecule has 6 heteroatoms. The molecule has 3 rings (SSSR count). The molecule has 0 atom stereocenters. The lowest BCUT2D eigenvalue weighted by Crippen LogP contribution is -2.05. The summed E-state index contributed by atoms with van der Waals surface area (Å²) in [4.78, 5) is 19.7. The summed E-state index contributed by atoms with van der Waals surface area (Å²) < 4.78 is 0. The highest BCUT2D eigenvalue weighted by molar-refractivity contribution is 7.09. The molecular weight excluding hydrogens is 286 g/mol. The fraction of sp³-hybridized carbons (Fsp3) is 0.133. The average Bonchev–Trinajstić information content (AvgIpc) is 2.90. The number of carboxylic acids is 1. The largest absolute Gasteiger partial charge is 0.477 e. The van der Waals surface area contributed by atoms with Crippen molar-refractivity contribution in [1.82, 2.24) is 9.97 Å². The Balaban J connectivity index is 1.97. The fourth-order valence-electron chi connectivity index (χ4n) is 2.09. The zero-order chi connectivity index (χ0) is 14.8. The maximum Gasteiger partial charge on any atom is 0.354 e. The first-order valence-electron chi connectivity index (χ1n) is 6.41. The number of thiazole rings is 1. The van der Waals surface area contributed by atoms with E-state index >= 15 is 0 Å². The van der Waals surface area contributed by atoms with E-state index in [9.17, 15) is 4.79 Å². The van der Waals surface area contributed by atoms with Gasteiger partial charge in [-0.2, -0.15) is 0 Å². The lowest BCUT2D eigenvalue weighted by molar-refractivity contribution is 0.0691. The maximum absolute atomic E-state index is 11.2. The van der Waals surface area contributed by atoms with Gasteiger partial charge in [-0.1, -0.05) is 18.2 Å². The fourth-order valence-corrected chi connectivity index (χ4v) is 2.80. The third kappa shape index (κ3) is 2.85. The van der Waals surface area contributed by atoms with Crippen molar-refractivity contribution in [3.63, 3.8) is 0 Å². The third-order valence-electron chi connectivity index (χ3n) is 3.03. The van der Waals surface area contributed by atoms with E-state index in [1.54, 1.807) is 23.5 Å². The van der Waals surface area contributed by atoms with Gasteiger partial charge in [-0.15, -0.1) is 11.3 Å². The predicted molar refractivity (Wildman–Crippen MR) is 82.9 cm³/mol.